The number of hydrogen-bond donors (Lipinski definition) is 2. The van der Waals surface area contributed by atoms with Gasteiger partial charge < -0.3 is 4.74 Å². The Kier molecular flexibility index (Phi) is 4.60. The molecule has 1 unspecified atom stereocenters. The maximum Gasteiger partial charge on any atom is 0.124 e. The van der Waals surface area contributed by atoms with E-state index in [1.807, 2.05) is 26.0 Å². The molecule has 0 saturated heterocycles. The van der Waals surface area contributed by atoms with Crippen LogP contribution in [0.2, 0.25) is 5.02 Å². The number of nitrogens with one attached hydrogen (secondary N) is 1. The SMILES string of the molecule is COc1cc(C)cc(C)c1C(NN)c1ccc(Cl)cn1. The molecule has 0 aliphatic heterocycles. The van der Waals surface area contributed by atoms with Crippen molar-refractivity contribution in [2.45, 2.75) is 19.9 Å². The van der Waals surface area contributed by atoms with E-state index in [9.17, 15) is 0 Å². The summed E-state index contributed by atoms with van der Waals surface area (Å²) in [5.41, 5.74) is 6.82. The third kappa shape index (κ3) is 2.93. The van der Waals surface area contributed by atoms with Gasteiger partial charge in [0, 0.05) is 11.8 Å². The van der Waals surface area contributed by atoms with Gasteiger partial charge in [-0.2, -0.15) is 0 Å². The Labute approximate surface area is 123 Å². The number of halogens is 1. The molecule has 1 heterocycles. The number of nitrogens with two attached hydrogens (primary N) is 1. The van der Waals surface area contributed by atoms with Crippen LogP contribution < -0.4 is 16.0 Å². The number of ether oxygens (including phenoxy) is 1. The van der Waals surface area contributed by atoms with Gasteiger partial charge in [-0.3, -0.25) is 10.8 Å². The zero-order valence-corrected chi connectivity index (χ0v) is 12.5. The molecule has 20 heavy (non-hydrogen) atoms. The van der Waals surface area contributed by atoms with Gasteiger partial charge in [-0.25, -0.2) is 5.43 Å². The first-order valence-electron chi connectivity index (χ1n) is 6.29. The van der Waals surface area contributed by atoms with Crippen molar-refractivity contribution in [1.29, 1.82) is 0 Å². The predicted molar refractivity (Wildman–Crippen MR) is 80.9 cm³/mol. The van der Waals surface area contributed by atoms with E-state index in [1.54, 1.807) is 19.4 Å². The van der Waals surface area contributed by atoms with E-state index in [4.69, 9.17) is 22.2 Å². The average Bonchev–Trinajstić information content (AvgIpc) is 2.43. The summed E-state index contributed by atoms with van der Waals surface area (Å²) in [6, 6.07) is 7.49. The summed E-state index contributed by atoms with van der Waals surface area (Å²) in [6.07, 6.45) is 1.61. The first-order valence-corrected chi connectivity index (χ1v) is 6.67. The molecule has 2 aromatic rings. The van der Waals surface area contributed by atoms with Gasteiger partial charge >= 0.3 is 0 Å². The fraction of sp³-hybridized carbons (Fsp3) is 0.267. The molecule has 2 rings (SSSR count). The number of aryl methyl sites for hydroxylation is 2. The standard InChI is InChI=1S/C15H18ClN3O/c1-9-6-10(2)14(13(7-9)20-3)15(19-17)12-5-4-11(16)8-18-12/h4-8,15,19H,17H2,1-3H3. The topological polar surface area (TPSA) is 60.2 Å². The lowest BCUT2D eigenvalue weighted by Gasteiger charge is -2.21. The summed E-state index contributed by atoms with van der Waals surface area (Å²) in [5.74, 6) is 6.52. The molecule has 1 atom stereocenters. The first kappa shape index (κ1) is 14.8. The second-order valence-corrected chi connectivity index (χ2v) is 5.14. The highest BCUT2D eigenvalue weighted by molar-refractivity contribution is 6.30. The summed E-state index contributed by atoms with van der Waals surface area (Å²) in [7, 11) is 1.65. The van der Waals surface area contributed by atoms with Crippen LogP contribution in [0.1, 0.15) is 28.4 Å². The van der Waals surface area contributed by atoms with Crippen molar-refractivity contribution in [1.82, 2.24) is 10.4 Å². The third-order valence-corrected chi connectivity index (χ3v) is 3.44. The Hall–Kier alpha value is -1.62. The van der Waals surface area contributed by atoms with Gasteiger partial charge in [-0.1, -0.05) is 17.7 Å². The van der Waals surface area contributed by atoms with E-state index in [2.05, 4.69) is 16.5 Å². The summed E-state index contributed by atoms with van der Waals surface area (Å²) < 4.78 is 5.49. The molecule has 1 aromatic heterocycles. The molecule has 0 spiro atoms. The smallest absolute Gasteiger partial charge is 0.124 e. The lowest BCUT2D eigenvalue weighted by molar-refractivity contribution is 0.402. The van der Waals surface area contributed by atoms with E-state index in [0.717, 1.165) is 28.1 Å². The molecule has 0 saturated carbocycles. The zero-order chi connectivity index (χ0) is 14.7. The van der Waals surface area contributed by atoms with Gasteiger partial charge in [0.2, 0.25) is 0 Å². The third-order valence-electron chi connectivity index (χ3n) is 3.21. The molecule has 5 heteroatoms. The highest BCUT2D eigenvalue weighted by Gasteiger charge is 2.20. The maximum atomic E-state index is 5.88. The van der Waals surface area contributed by atoms with Crippen LogP contribution in [0.25, 0.3) is 0 Å². The number of hydrazine groups is 1. The molecule has 0 aliphatic rings. The van der Waals surface area contributed by atoms with Crippen molar-refractivity contribution in [3.05, 3.63) is 57.9 Å². The number of aromatic nitrogens is 1. The Balaban J connectivity index is 2.54. The van der Waals surface area contributed by atoms with Gasteiger partial charge in [0.05, 0.1) is 23.9 Å². The van der Waals surface area contributed by atoms with Gasteiger partial charge in [0.1, 0.15) is 5.75 Å². The molecule has 106 valence electrons. The lowest BCUT2D eigenvalue weighted by Crippen LogP contribution is -2.30. The van der Waals surface area contributed by atoms with E-state index in [0.29, 0.717) is 5.02 Å². The number of hydrogen-bond acceptors (Lipinski definition) is 4. The molecule has 0 radical (unpaired) electrons. The van der Waals surface area contributed by atoms with Gasteiger partial charge in [0.25, 0.3) is 0 Å². The average molecular weight is 292 g/mol. The second-order valence-electron chi connectivity index (χ2n) is 4.70. The Morgan fingerprint density at radius 2 is 2.05 bits per heavy atom. The predicted octanol–water partition coefficient (Wildman–Crippen LogP) is 2.91. The molecule has 0 aliphatic carbocycles. The van der Waals surface area contributed by atoms with Crippen LogP contribution in [-0.2, 0) is 0 Å². The van der Waals surface area contributed by atoms with Crippen LogP contribution in [0.3, 0.4) is 0 Å². The van der Waals surface area contributed by atoms with E-state index < -0.39 is 0 Å². The Bertz CT molecular complexity index is 599. The molecule has 4 nitrogen and oxygen atoms in total. The minimum Gasteiger partial charge on any atom is -0.496 e. The van der Waals surface area contributed by atoms with Crippen LogP contribution >= 0.6 is 11.6 Å². The zero-order valence-electron chi connectivity index (χ0n) is 11.8. The second kappa shape index (κ2) is 6.22. The molecule has 0 amide bonds. The van der Waals surface area contributed by atoms with E-state index >= 15 is 0 Å². The summed E-state index contributed by atoms with van der Waals surface area (Å²) >= 11 is 5.88. The van der Waals surface area contributed by atoms with Crippen molar-refractivity contribution in [2.75, 3.05) is 7.11 Å². The molecule has 1 aromatic carbocycles. The van der Waals surface area contributed by atoms with Crippen molar-refractivity contribution in [2.24, 2.45) is 5.84 Å². The maximum absolute atomic E-state index is 5.88. The number of methoxy groups -OCH3 is 1. The largest absolute Gasteiger partial charge is 0.496 e. The van der Waals surface area contributed by atoms with E-state index in [1.165, 1.54) is 0 Å². The lowest BCUT2D eigenvalue weighted by atomic mass is 9.96. The minimum atomic E-state index is -0.247. The first-order chi connectivity index (χ1) is 9.56. The van der Waals surface area contributed by atoms with Crippen LogP contribution in [0.5, 0.6) is 5.75 Å². The summed E-state index contributed by atoms with van der Waals surface area (Å²) in [5, 5.41) is 0.595. The monoisotopic (exact) mass is 291 g/mol. The van der Waals surface area contributed by atoms with Crippen LogP contribution in [0.4, 0.5) is 0 Å². The highest BCUT2D eigenvalue weighted by Crippen LogP contribution is 2.33. The molecular formula is C15H18ClN3O. The number of rotatable bonds is 4. The fourth-order valence-electron chi connectivity index (χ4n) is 2.35. The summed E-state index contributed by atoms with van der Waals surface area (Å²) in [4.78, 5) is 4.33. The number of pyridine rings is 1. The number of nitrogens with zero attached hydrogens (tertiary/aromatic N) is 1. The highest BCUT2D eigenvalue weighted by atomic mass is 35.5. The van der Waals surface area contributed by atoms with Crippen molar-refractivity contribution in [3.8, 4) is 5.75 Å². The van der Waals surface area contributed by atoms with Crippen molar-refractivity contribution in [3.63, 3.8) is 0 Å². The molecule has 3 N–H and O–H groups in total. The molecule has 0 bridgehead atoms. The molecule has 0 fully saturated rings. The van der Waals surface area contributed by atoms with Crippen LogP contribution in [0, 0.1) is 13.8 Å². The summed E-state index contributed by atoms with van der Waals surface area (Å²) in [6.45, 7) is 4.07. The normalized spacial score (nSPS) is 12.2. The Morgan fingerprint density at radius 1 is 1.30 bits per heavy atom. The van der Waals surface area contributed by atoms with Crippen molar-refractivity contribution >= 4 is 11.6 Å². The van der Waals surface area contributed by atoms with Gasteiger partial charge in [-0.15, -0.1) is 0 Å². The fourth-order valence-corrected chi connectivity index (χ4v) is 2.47. The number of benzene rings is 1. The quantitative estimate of drug-likeness (QED) is 0.672. The van der Waals surface area contributed by atoms with Crippen LogP contribution in [0.15, 0.2) is 30.5 Å². The van der Waals surface area contributed by atoms with Crippen molar-refractivity contribution < 1.29 is 4.74 Å². The van der Waals surface area contributed by atoms with Gasteiger partial charge in [-0.05, 0) is 43.2 Å². The Morgan fingerprint density at radius 3 is 2.60 bits per heavy atom. The van der Waals surface area contributed by atoms with Crippen LogP contribution in [-0.4, -0.2) is 12.1 Å². The van der Waals surface area contributed by atoms with Gasteiger partial charge in [0.15, 0.2) is 0 Å². The molecular weight excluding hydrogens is 274 g/mol. The van der Waals surface area contributed by atoms with E-state index in [-0.39, 0.29) is 6.04 Å². The minimum absolute atomic E-state index is 0.247.